The van der Waals surface area contributed by atoms with Gasteiger partial charge >= 0.3 is 0 Å². The van der Waals surface area contributed by atoms with Crippen LogP contribution in [-0.4, -0.2) is 4.98 Å². The zero-order valence-corrected chi connectivity index (χ0v) is 11.8. The van der Waals surface area contributed by atoms with Crippen molar-refractivity contribution in [1.29, 1.82) is 0 Å². The number of aryl methyl sites for hydroxylation is 1. The second kappa shape index (κ2) is 5.01. The summed E-state index contributed by atoms with van der Waals surface area (Å²) in [7, 11) is 0. The zero-order valence-electron chi connectivity index (χ0n) is 8.63. The number of furan rings is 1. The number of hydrogen-bond acceptors (Lipinski definition) is 3. The van der Waals surface area contributed by atoms with Gasteiger partial charge in [0.15, 0.2) is 0 Å². The van der Waals surface area contributed by atoms with Crippen molar-refractivity contribution in [2.45, 2.75) is 13.5 Å². The second-order valence-corrected chi connectivity index (χ2v) is 4.98. The fraction of sp³-hybridized carbons (Fsp3) is 0.182. The number of hydrogen-bond donors (Lipinski definition) is 1. The van der Waals surface area contributed by atoms with E-state index in [-0.39, 0.29) is 0 Å². The van der Waals surface area contributed by atoms with E-state index < -0.39 is 0 Å². The van der Waals surface area contributed by atoms with Crippen molar-refractivity contribution >= 4 is 37.5 Å². The predicted molar refractivity (Wildman–Crippen MR) is 70.4 cm³/mol. The zero-order chi connectivity index (χ0) is 11.5. The number of anilines is 1. The van der Waals surface area contributed by atoms with E-state index in [1.54, 1.807) is 12.5 Å². The molecule has 0 amide bonds. The van der Waals surface area contributed by atoms with Crippen molar-refractivity contribution in [3.63, 3.8) is 0 Å². The molecule has 0 bridgehead atoms. The van der Waals surface area contributed by atoms with E-state index in [2.05, 4.69) is 42.2 Å². The summed E-state index contributed by atoms with van der Waals surface area (Å²) in [5, 5.41) is 3.25. The summed E-state index contributed by atoms with van der Waals surface area (Å²) >= 11 is 6.77. The SMILES string of the molecule is Cc1cc(NCc2occc2Br)cnc1Br. The third kappa shape index (κ3) is 2.65. The number of aromatic nitrogens is 1. The highest BCUT2D eigenvalue weighted by Crippen LogP contribution is 2.20. The Hall–Kier alpha value is -0.810. The lowest BCUT2D eigenvalue weighted by molar-refractivity contribution is 0.516. The molecule has 0 fully saturated rings. The first-order valence-corrected chi connectivity index (χ1v) is 6.33. The van der Waals surface area contributed by atoms with Crippen molar-refractivity contribution in [1.82, 2.24) is 4.98 Å². The van der Waals surface area contributed by atoms with Crippen molar-refractivity contribution in [3.8, 4) is 0 Å². The van der Waals surface area contributed by atoms with Gasteiger partial charge in [0.1, 0.15) is 10.4 Å². The number of pyridine rings is 1. The molecule has 2 heterocycles. The monoisotopic (exact) mass is 344 g/mol. The normalized spacial score (nSPS) is 10.4. The van der Waals surface area contributed by atoms with Crippen LogP contribution >= 0.6 is 31.9 Å². The van der Waals surface area contributed by atoms with Crippen molar-refractivity contribution in [2.75, 3.05) is 5.32 Å². The van der Waals surface area contributed by atoms with E-state index in [0.29, 0.717) is 6.54 Å². The van der Waals surface area contributed by atoms with Gasteiger partial charge < -0.3 is 9.73 Å². The molecular weight excluding hydrogens is 336 g/mol. The third-order valence-corrected chi connectivity index (χ3v) is 3.70. The average molecular weight is 346 g/mol. The summed E-state index contributed by atoms with van der Waals surface area (Å²) in [5.41, 5.74) is 2.08. The van der Waals surface area contributed by atoms with E-state index in [1.807, 2.05) is 19.1 Å². The molecule has 0 aliphatic heterocycles. The fourth-order valence-corrected chi connectivity index (χ4v) is 1.85. The Kier molecular flexibility index (Phi) is 3.66. The molecule has 2 aromatic heterocycles. The molecule has 0 aliphatic carbocycles. The van der Waals surface area contributed by atoms with Gasteiger partial charge in [-0.05, 0) is 56.5 Å². The lowest BCUT2D eigenvalue weighted by atomic mass is 10.3. The summed E-state index contributed by atoms with van der Waals surface area (Å²) in [6, 6.07) is 3.91. The van der Waals surface area contributed by atoms with Gasteiger partial charge in [0.2, 0.25) is 0 Å². The highest BCUT2D eigenvalue weighted by molar-refractivity contribution is 9.10. The smallest absolute Gasteiger partial charge is 0.136 e. The van der Waals surface area contributed by atoms with Gasteiger partial charge in [-0.1, -0.05) is 0 Å². The quantitative estimate of drug-likeness (QED) is 0.850. The maximum atomic E-state index is 5.30. The molecule has 0 aliphatic rings. The van der Waals surface area contributed by atoms with Crippen LogP contribution in [0.25, 0.3) is 0 Å². The van der Waals surface area contributed by atoms with Crippen LogP contribution in [0, 0.1) is 6.92 Å². The first kappa shape index (κ1) is 11.7. The van der Waals surface area contributed by atoms with Gasteiger partial charge in [0.25, 0.3) is 0 Å². The Labute approximate surface area is 111 Å². The minimum Gasteiger partial charge on any atom is -0.466 e. The Morgan fingerprint density at radius 3 is 2.88 bits per heavy atom. The molecule has 0 saturated carbocycles. The number of nitrogens with one attached hydrogen (secondary N) is 1. The highest BCUT2D eigenvalue weighted by atomic mass is 79.9. The van der Waals surface area contributed by atoms with Gasteiger partial charge in [-0.15, -0.1) is 0 Å². The van der Waals surface area contributed by atoms with Gasteiger partial charge in [-0.25, -0.2) is 4.98 Å². The highest BCUT2D eigenvalue weighted by Gasteiger charge is 2.03. The predicted octanol–water partition coefficient (Wildman–Crippen LogP) is 4.12. The van der Waals surface area contributed by atoms with E-state index in [0.717, 1.165) is 26.1 Å². The van der Waals surface area contributed by atoms with Crippen molar-refractivity contribution < 1.29 is 4.42 Å². The summed E-state index contributed by atoms with van der Waals surface area (Å²) in [6.45, 7) is 2.64. The molecule has 3 nitrogen and oxygen atoms in total. The van der Waals surface area contributed by atoms with Gasteiger partial charge in [0.05, 0.1) is 29.2 Å². The largest absolute Gasteiger partial charge is 0.466 e. The number of rotatable bonds is 3. The summed E-state index contributed by atoms with van der Waals surface area (Å²) < 4.78 is 7.15. The third-order valence-electron chi connectivity index (χ3n) is 2.16. The van der Waals surface area contributed by atoms with Crippen LogP contribution < -0.4 is 5.32 Å². The lowest BCUT2D eigenvalue weighted by Crippen LogP contribution is -1.99. The first-order valence-electron chi connectivity index (χ1n) is 4.74. The number of halogens is 2. The van der Waals surface area contributed by atoms with Crippen LogP contribution in [0.3, 0.4) is 0 Å². The molecule has 1 N–H and O–H groups in total. The van der Waals surface area contributed by atoms with Crippen molar-refractivity contribution in [3.05, 3.63) is 45.0 Å². The summed E-state index contributed by atoms with van der Waals surface area (Å²) in [6.07, 6.45) is 3.44. The number of nitrogens with zero attached hydrogens (tertiary/aromatic N) is 1. The average Bonchev–Trinajstić information content (AvgIpc) is 2.66. The Morgan fingerprint density at radius 1 is 1.44 bits per heavy atom. The topological polar surface area (TPSA) is 38.1 Å². The van der Waals surface area contributed by atoms with E-state index in [9.17, 15) is 0 Å². The fourth-order valence-electron chi connectivity index (χ4n) is 1.29. The van der Waals surface area contributed by atoms with Crippen LogP contribution in [0.5, 0.6) is 0 Å². The molecule has 0 atom stereocenters. The first-order chi connectivity index (χ1) is 7.66. The molecule has 0 unspecified atom stereocenters. The Morgan fingerprint density at radius 2 is 2.25 bits per heavy atom. The molecule has 5 heteroatoms. The molecule has 0 radical (unpaired) electrons. The van der Waals surface area contributed by atoms with Crippen LogP contribution in [0.4, 0.5) is 5.69 Å². The lowest BCUT2D eigenvalue weighted by Gasteiger charge is -2.06. The van der Waals surface area contributed by atoms with Crippen LogP contribution in [0.1, 0.15) is 11.3 Å². The van der Waals surface area contributed by atoms with E-state index in [1.165, 1.54) is 0 Å². The maximum absolute atomic E-state index is 5.30. The van der Waals surface area contributed by atoms with E-state index in [4.69, 9.17) is 4.42 Å². The standard InChI is InChI=1S/C11H10Br2N2O/c1-7-4-8(5-15-11(7)13)14-6-10-9(12)2-3-16-10/h2-5,14H,6H2,1H3. The summed E-state index contributed by atoms with van der Waals surface area (Å²) in [5.74, 6) is 0.876. The molecule has 84 valence electrons. The van der Waals surface area contributed by atoms with Crippen LogP contribution in [-0.2, 0) is 6.54 Å². The molecular formula is C11H10Br2N2O. The van der Waals surface area contributed by atoms with E-state index >= 15 is 0 Å². The molecule has 0 saturated heterocycles. The summed E-state index contributed by atoms with van der Waals surface area (Å²) in [4.78, 5) is 4.21. The molecule has 0 aromatic carbocycles. The minimum absolute atomic E-state index is 0.635. The van der Waals surface area contributed by atoms with Crippen molar-refractivity contribution in [2.24, 2.45) is 0 Å². The Balaban J connectivity index is 2.05. The van der Waals surface area contributed by atoms with Gasteiger partial charge in [-0.3, -0.25) is 0 Å². The molecule has 2 rings (SSSR count). The van der Waals surface area contributed by atoms with Crippen LogP contribution in [0.2, 0.25) is 0 Å². The molecule has 0 spiro atoms. The molecule has 16 heavy (non-hydrogen) atoms. The van der Waals surface area contributed by atoms with Gasteiger partial charge in [0, 0.05) is 0 Å². The van der Waals surface area contributed by atoms with Gasteiger partial charge in [-0.2, -0.15) is 0 Å². The van der Waals surface area contributed by atoms with Crippen LogP contribution in [0.15, 0.2) is 38.1 Å². The minimum atomic E-state index is 0.635. The molecule has 2 aromatic rings. The maximum Gasteiger partial charge on any atom is 0.136 e. The second-order valence-electron chi connectivity index (χ2n) is 3.38. The Bertz CT molecular complexity index is 496.